The molecule has 0 aliphatic carbocycles. The topological polar surface area (TPSA) is 55.4 Å². The van der Waals surface area contributed by atoms with E-state index in [1.54, 1.807) is 0 Å². The molecule has 0 unspecified atom stereocenters. The average Bonchev–Trinajstić information content (AvgIpc) is 2.95. The van der Waals surface area contributed by atoms with E-state index in [1.807, 2.05) is 0 Å². The van der Waals surface area contributed by atoms with E-state index in [-0.39, 0.29) is 51.4 Å². The molecule has 1 saturated heterocycles. The van der Waals surface area contributed by atoms with Crippen LogP contribution in [0.2, 0.25) is 0 Å². The van der Waals surface area contributed by atoms with Crippen LogP contribution >= 0.6 is 0 Å². The average molecular weight is 565 g/mol. The maximum atomic E-state index is 5.33. The predicted octanol–water partition coefficient (Wildman–Crippen LogP) is -1.23. The quantitative estimate of drug-likeness (QED) is 0.294. The summed E-state index contributed by atoms with van der Waals surface area (Å²) < 4.78 is 32.0. The van der Waals surface area contributed by atoms with E-state index in [2.05, 4.69) is 91.0 Å². The standard InChI is InChI=1S/C18H17Si.C12H24O6.K/c1-4-10-16(11-5-1)19(17-12-6-2-7-13-17)18-14-8-3-9-15-18;1-2-14-5-6-16-9-10-18-12-11-17-8-7-15-4-3-13-1;/h1-15H,19H2;1-12H2;/q-1;;+1. The Morgan fingerprint density at radius 3 is 0.684 bits per heavy atom. The van der Waals surface area contributed by atoms with Gasteiger partial charge in [0, 0.05) is 0 Å². The maximum absolute atomic E-state index is 5.33. The van der Waals surface area contributed by atoms with E-state index in [1.165, 1.54) is 15.6 Å². The molecule has 0 spiro atoms. The fraction of sp³-hybridized carbons (Fsp3) is 0.400. The van der Waals surface area contributed by atoms with Crippen LogP contribution in [0, 0.1) is 0 Å². The van der Waals surface area contributed by atoms with Crippen molar-refractivity contribution in [2.75, 3.05) is 79.3 Å². The Morgan fingerprint density at radius 1 is 0.316 bits per heavy atom. The number of ether oxygens (including phenoxy) is 6. The summed E-state index contributed by atoms with van der Waals surface area (Å²) in [6, 6.07) is 32.8. The number of hydrogen-bond acceptors (Lipinski definition) is 6. The zero-order valence-electron chi connectivity index (χ0n) is 22.8. The van der Waals surface area contributed by atoms with Crippen LogP contribution in [0.1, 0.15) is 0 Å². The molecular formula is C30H41KO6Si. The van der Waals surface area contributed by atoms with Crippen LogP contribution in [-0.2, 0) is 28.4 Å². The fourth-order valence-electron chi connectivity index (χ4n) is 4.17. The summed E-state index contributed by atoms with van der Waals surface area (Å²) in [5.41, 5.74) is 0. The molecular weight excluding hydrogens is 524 g/mol. The van der Waals surface area contributed by atoms with Gasteiger partial charge in [0.2, 0.25) is 0 Å². The number of hydrogen-bond donors (Lipinski definition) is 0. The third kappa shape index (κ3) is 14.6. The van der Waals surface area contributed by atoms with E-state index >= 15 is 0 Å². The van der Waals surface area contributed by atoms with Gasteiger partial charge in [0.25, 0.3) is 0 Å². The van der Waals surface area contributed by atoms with Crippen LogP contribution in [-0.4, -0.2) is 88.1 Å². The molecule has 202 valence electrons. The van der Waals surface area contributed by atoms with Crippen LogP contribution in [0.3, 0.4) is 0 Å². The van der Waals surface area contributed by atoms with Gasteiger partial charge in [-0.3, -0.25) is 0 Å². The van der Waals surface area contributed by atoms with Crippen LogP contribution < -0.4 is 66.9 Å². The molecule has 0 bridgehead atoms. The van der Waals surface area contributed by atoms with Crippen LogP contribution in [0.25, 0.3) is 0 Å². The number of benzene rings is 3. The van der Waals surface area contributed by atoms with E-state index in [0.717, 1.165) is 0 Å². The molecule has 8 heteroatoms. The molecule has 0 radical (unpaired) electrons. The van der Waals surface area contributed by atoms with Crippen molar-refractivity contribution in [1.82, 2.24) is 0 Å². The molecule has 3 aromatic carbocycles. The molecule has 1 aliphatic heterocycles. The van der Waals surface area contributed by atoms with Gasteiger partial charge in [-0.2, -0.15) is 0 Å². The first-order valence-corrected chi connectivity index (χ1v) is 15.4. The molecule has 6 nitrogen and oxygen atoms in total. The van der Waals surface area contributed by atoms with Crippen molar-refractivity contribution in [3.8, 4) is 0 Å². The minimum absolute atomic E-state index is 0. The molecule has 0 amide bonds. The molecule has 3 aromatic rings. The van der Waals surface area contributed by atoms with Crippen LogP contribution in [0.4, 0.5) is 0 Å². The molecule has 1 aliphatic rings. The monoisotopic (exact) mass is 564 g/mol. The van der Waals surface area contributed by atoms with Crippen molar-refractivity contribution in [3.05, 3.63) is 91.0 Å². The fourth-order valence-corrected chi connectivity index (χ4v) is 7.81. The Morgan fingerprint density at radius 2 is 0.500 bits per heavy atom. The van der Waals surface area contributed by atoms with Crippen LogP contribution in [0.5, 0.6) is 0 Å². The summed E-state index contributed by atoms with van der Waals surface area (Å²) in [7, 11) is -1.74. The molecule has 0 N–H and O–H groups in total. The van der Waals surface area contributed by atoms with Crippen molar-refractivity contribution in [2.45, 2.75) is 0 Å². The first-order valence-electron chi connectivity index (χ1n) is 13.3. The minimum atomic E-state index is -1.74. The van der Waals surface area contributed by atoms with Gasteiger partial charge >= 0.3 is 167 Å². The second-order valence-electron chi connectivity index (χ2n) is 8.66. The van der Waals surface area contributed by atoms with Gasteiger partial charge in [-0.05, 0) is 0 Å². The van der Waals surface area contributed by atoms with Gasteiger partial charge in [-0.25, -0.2) is 0 Å². The van der Waals surface area contributed by atoms with Gasteiger partial charge in [0.15, 0.2) is 0 Å². The van der Waals surface area contributed by atoms with E-state index in [4.69, 9.17) is 28.4 Å². The summed E-state index contributed by atoms with van der Waals surface area (Å²) >= 11 is 0. The van der Waals surface area contributed by atoms with E-state index in [0.29, 0.717) is 79.3 Å². The van der Waals surface area contributed by atoms with E-state index < -0.39 is 8.80 Å². The summed E-state index contributed by atoms with van der Waals surface area (Å²) in [6.07, 6.45) is 0. The zero-order chi connectivity index (χ0) is 25.6. The van der Waals surface area contributed by atoms with Crippen molar-refractivity contribution in [2.24, 2.45) is 0 Å². The van der Waals surface area contributed by atoms with Gasteiger partial charge in [0.05, 0.1) is 79.3 Å². The summed E-state index contributed by atoms with van der Waals surface area (Å²) in [5, 5.41) is 4.53. The zero-order valence-corrected chi connectivity index (χ0v) is 27.3. The molecule has 1 fully saturated rings. The summed E-state index contributed by atoms with van der Waals surface area (Å²) in [6.45, 7) is 7.04. The van der Waals surface area contributed by atoms with Crippen LogP contribution in [0.15, 0.2) is 91.0 Å². The van der Waals surface area contributed by atoms with Crippen molar-refractivity contribution in [3.63, 3.8) is 0 Å². The second-order valence-corrected chi connectivity index (χ2v) is 12.2. The van der Waals surface area contributed by atoms with Crippen molar-refractivity contribution >= 4 is 24.4 Å². The van der Waals surface area contributed by atoms with Crippen molar-refractivity contribution < 1.29 is 79.8 Å². The normalized spacial score (nSPS) is 16.9. The van der Waals surface area contributed by atoms with Gasteiger partial charge in [-0.1, -0.05) is 0 Å². The Bertz CT molecular complexity index is 751. The molecule has 4 rings (SSSR count). The van der Waals surface area contributed by atoms with Crippen molar-refractivity contribution in [1.29, 1.82) is 0 Å². The number of rotatable bonds is 3. The molecule has 0 saturated carbocycles. The first-order chi connectivity index (χ1) is 18.4. The molecule has 0 aromatic heterocycles. The van der Waals surface area contributed by atoms with E-state index in [9.17, 15) is 0 Å². The molecule has 0 atom stereocenters. The molecule has 38 heavy (non-hydrogen) atoms. The Labute approximate surface area is 272 Å². The third-order valence-corrected chi connectivity index (χ3v) is 9.85. The van der Waals surface area contributed by atoms with Gasteiger partial charge in [-0.15, -0.1) is 0 Å². The first kappa shape index (κ1) is 33.5. The Kier molecular flexibility index (Phi) is 20.3. The molecule has 1 heterocycles. The SMILES string of the molecule is C1COCCOCCOCCOCCOCCO1.[K+].c1ccc([SiH2-](c2ccccc2)c2ccccc2)cc1. The summed E-state index contributed by atoms with van der Waals surface area (Å²) in [5.74, 6) is 0. The Balaban J connectivity index is 0.000000261. The van der Waals surface area contributed by atoms with Gasteiger partial charge in [0.1, 0.15) is 0 Å². The second kappa shape index (κ2) is 23.0. The Hall–Kier alpha value is -0.727. The predicted molar refractivity (Wildman–Crippen MR) is 152 cm³/mol. The third-order valence-electron chi connectivity index (χ3n) is 5.99. The van der Waals surface area contributed by atoms with Gasteiger partial charge < -0.3 is 28.4 Å². The summed E-state index contributed by atoms with van der Waals surface area (Å²) in [4.78, 5) is 0.